The Balaban J connectivity index is 1.74. The number of nitrogens with two attached hydrogens (primary N) is 1. The molecule has 0 bridgehead atoms. The number of furan rings is 1. The van der Waals surface area contributed by atoms with Gasteiger partial charge in [-0.3, -0.25) is 5.43 Å². The number of rotatable bonds is 4. The van der Waals surface area contributed by atoms with E-state index in [1.807, 2.05) is 37.3 Å². The zero-order valence-corrected chi connectivity index (χ0v) is 12.0. The summed E-state index contributed by atoms with van der Waals surface area (Å²) in [6.45, 7) is 2.37. The lowest BCUT2D eigenvalue weighted by molar-refractivity contribution is 0.517. The van der Waals surface area contributed by atoms with Gasteiger partial charge in [-0.25, -0.2) is 0 Å². The third kappa shape index (κ3) is 2.82. The zero-order chi connectivity index (χ0) is 14.8. The Bertz CT molecular complexity index is 766. The fourth-order valence-electron chi connectivity index (χ4n) is 1.83. The molecular formula is C13H13ClN6O. The van der Waals surface area contributed by atoms with Crippen molar-refractivity contribution in [1.82, 2.24) is 20.3 Å². The van der Waals surface area contributed by atoms with Crippen molar-refractivity contribution in [3.05, 3.63) is 46.7 Å². The molecule has 0 saturated carbocycles. The van der Waals surface area contributed by atoms with Gasteiger partial charge in [0.25, 0.3) is 5.95 Å². The number of tetrazole rings is 1. The van der Waals surface area contributed by atoms with Crippen LogP contribution in [0.2, 0.25) is 5.02 Å². The highest BCUT2D eigenvalue weighted by Gasteiger charge is 2.07. The number of anilines is 1. The normalized spacial score (nSPS) is 10.8. The number of aryl methyl sites for hydroxylation is 1. The Morgan fingerprint density at radius 2 is 2.19 bits per heavy atom. The van der Waals surface area contributed by atoms with E-state index in [1.165, 1.54) is 4.79 Å². The van der Waals surface area contributed by atoms with Crippen LogP contribution in [-0.4, -0.2) is 20.3 Å². The number of aromatic nitrogens is 4. The number of nitrogens with zero attached hydrogens (tertiary/aromatic N) is 4. The van der Waals surface area contributed by atoms with E-state index in [-0.39, 0.29) is 5.95 Å². The third-order valence-electron chi connectivity index (χ3n) is 3.01. The molecule has 3 rings (SSSR count). The lowest BCUT2D eigenvalue weighted by atomic mass is 10.1. The summed E-state index contributed by atoms with van der Waals surface area (Å²) in [5.41, 5.74) is 10.4. The molecule has 8 heteroatoms. The summed E-state index contributed by atoms with van der Waals surface area (Å²) in [4.78, 5) is 1.28. The topological polar surface area (TPSA) is 94.8 Å². The number of hydrogen-bond acceptors (Lipinski definition) is 6. The van der Waals surface area contributed by atoms with Crippen molar-refractivity contribution in [2.75, 3.05) is 11.2 Å². The molecule has 7 nitrogen and oxygen atoms in total. The van der Waals surface area contributed by atoms with Gasteiger partial charge in [0.2, 0.25) is 0 Å². The standard InChI is InChI=1S/C13H13ClN6O/c1-8-2-3-9(6-11(8)14)12-5-4-10(21-12)7-16-20-13(15)17-18-19-20/h2-6,16H,7H2,1H3,(H2,15,17,19). The number of nitrogen functional groups attached to an aromatic ring is 1. The molecule has 0 aliphatic rings. The lowest BCUT2D eigenvalue weighted by Crippen LogP contribution is -2.18. The van der Waals surface area contributed by atoms with Crippen LogP contribution < -0.4 is 11.2 Å². The van der Waals surface area contributed by atoms with Crippen molar-refractivity contribution < 1.29 is 4.42 Å². The first-order valence-corrected chi connectivity index (χ1v) is 6.64. The maximum atomic E-state index is 6.12. The van der Waals surface area contributed by atoms with Crippen LogP contribution in [0.5, 0.6) is 0 Å². The van der Waals surface area contributed by atoms with Crippen LogP contribution in [0, 0.1) is 6.92 Å². The van der Waals surface area contributed by atoms with Gasteiger partial charge in [0, 0.05) is 10.6 Å². The van der Waals surface area contributed by atoms with E-state index in [1.54, 1.807) is 0 Å². The van der Waals surface area contributed by atoms with Crippen molar-refractivity contribution in [3.8, 4) is 11.3 Å². The van der Waals surface area contributed by atoms with Gasteiger partial charge in [0.05, 0.1) is 6.54 Å². The molecule has 0 fully saturated rings. The van der Waals surface area contributed by atoms with Crippen LogP contribution in [0.25, 0.3) is 11.3 Å². The molecule has 0 saturated heterocycles. The molecule has 21 heavy (non-hydrogen) atoms. The average molecular weight is 305 g/mol. The molecule has 0 aliphatic heterocycles. The fraction of sp³-hybridized carbons (Fsp3) is 0.154. The smallest absolute Gasteiger partial charge is 0.260 e. The molecule has 3 aromatic rings. The molecule has 0 amide bonds. The predicted molar refractivity (Wildman–Crippen MR) is 79.2 cm³/mol. The number of nitrogens with one attached hydrogen (secondary N) is 1. The molecule has 0 unspecified atom stereocenters. The Morgan fingerprint density at radius 1 is 1.33 bits per heavy atom. The zero-order valence-electron chi connectivity index (χ0n) is 11.2. The maximum absolute atomic E-state index is 6.12. The van der Waals surface area contributed by atoms with E-state index in [4.69, 9.17) is 21.8 Å². The van der Waals surface area contributed by atoms with Gasteiger partial charge in [-0.15, -0.1) is 4.79 Å². The van der Waals surface area contributed by atoms with Crippen LogP contribution in [0.15, 0.2) is 34.7 Å². The van der Waals surface area contributed by atoms with Crippen molar-refractivity contribution in [1.29, 1.82) is 0 Å². The van der Waals surface area contributed by atoms with E-state index in [0.29, 0.717) is 11.6 Å². The SMILES string of the molecule is Cc1ccc(-c2ccc(CNn3nnnc3N)o2)cc1Cl. The summed E-state index contributed by atoms with van der Waals surface area (Å²) >= 11 is 6.12. The first-order valence-electron chi connectivity index (χ1n) is 6.26. The van der Waals surface area contributed by atoms with E-state index in [9.17, 15) is 0 Å². The molecule has 1 aromatic carbocycles. The summed E-state index contributed by atoms with van der Waals surface area (Å²) < 4.78 is 5.76. The Labute approximate surface area is 125 Å². The van der Waals surface area contributed by atoms with Gasteiger partial charge in [-0.1, -0.05) is 28.8 Å². The quantitative estimate of drug-likeness (QED) is 0.767. The average Bonchev–Trinajstić information content (AvgIpc) is 3.09. The highest BCUT2D eigenvalue weighted by atomic mass is 35.5. The largest absolute Gasteiger partial charge is 0.459 e. The van der Waals surface area contributed by atoms with Crippen LogP contribution >= 0.6 is 11.6 Å². The van der Waals surface area contributed by atoms with Crippen molar-refractivity contribution in [2.24, 2.45) is 0 Å². The van der Waals surface area contributed by atoms with Crippen LogP contribution in [-0.2, 0) is 6.54 Å². The van der Waals surface area contributed by atoms with Gasteiger partial charge < -0.3 is 10.2 Å². The second kappa shape index (κ2) is 5.45. The summed E-state index contributed by atoms with van der Waals surface area (Å²) in [5.74, 6) is 1.67. The maximum Gasteiger partial charge on any atom is 0.260 e. The first-order chi connectivity index (χ1) is 10.1. The van der Waals surface area contributed by atoms with Gasteiger partial charge in [-0.2, -0.15) is 0 Å². The van der Waals surface area contributed by atoms with Crippen molar-refractivity contribution in [3.63, 3.8) is 0 Å². The molecule has 0 radical (unpaired) electrons. The minimum Gasteiger partial charge on any atom is -0.459 e. The van der Waals surface area contributed by atoms with E-state index in [0.717, 1.165) is 22.6 Å². The van der Waals surface area contributed by atoms with Gasteiger partial charge in [-0.05, 0) is 41.1 Å². The minimum absolute atomic E-state index is 0.187. The van der Waals surface area contributed by atoms with Crippen molar-refractivity contribution >= 4 is 17.5 Å². The van der Waals surface area contributed by atoms with E-state index < -0.39 is 0 Å². The van der Waals surface area contributed by atoms with Crippen molar-refractivity contribution in [2.45, 2.75) is 13.5 Å². The fourth-order valence-corrected chi connectivity index (χ4v) is 2.01. The summed E-state index contributed by atoms with van der Waals surface area (Å²) in [7, 11) is 0. The van der Waals surface area contributed by atoms with Crippen LogP contribution in [0.4, 0.5) is 5.95 Å². The summed E-state index contributed by atoms with van der Waals surface area (Å²) in [6, 6.07) is 9.57. The monoisotopic (exact) mass is 304 g/mol. The predicted octanol–water partition coefficient (Wildman–Crippen LogP) is 2.22. The number of halogens is 1. The summed E-state index contributed by atoms with van der Waals surface area (Å²) in [5, 5.41) is 11.4. The Hall–Kier alpha value is -2.54. The Morgan fingerprint density at radius 3 is 2.90 bits per heavy atom. The molecule has 2 aromatic heterocycles. The number of hydrogen-bond donors (Lipinski definition) is 2. The molecule has 3 N–H and O–H groups in total. The molecule has 0 spiro atoms. The molecular weight excluding hydrogens is 292 g/mol. The molecule has 0 aliphatic carbocycles. The van der Waals surface area contributed by atoms with Gasteiger partial charge in [0.15, 0.2) is 0 Å². The lowest BCUT2D eigenvalue weighted by Gasteiger charge is -2.03. The van der Waals surface area contributed by atoms with Gasteiger partial charge >= 0.3 is 0 Å². The van der Waals surface area contributed by atoms with E-state index in [2.05, 4.69) is 21.0 Å². The highest BCUT2D eigenvalue weighted by Crippen LogP contribution is 2.26. The molecule has 108 valence electrons. The summed E-state index contributed by atoms with van der Waals surface area (Å²) in [6.07, 6.45) is 0. The second-order valence-electron chi connectivity index (χ2n) is 4.51. The number of benzene rings is 1. The van der Waals surface area contributed by atoms with E-state index >= 15 is 0 Å². The third-order valence-corrected chi connectivity index (χ3v) is 3.42. The van der Waals surface area contributed by atoms with Crippen LogP contribution in [0.3, 0.4) is 0 Å². The molecule has 0 atom stereocenters. The second-order valence-corrected chi connectivity index (χ2v) is 4.92. The minimum atomic E-state index is 0.187. The molecule has 2 heterocycles. The van der Waals surface area contributed by atoms with Gasteiger partial charge in [0.1, 0.15) is 11.5 Å². The highest BCUT2D eigenvalue weighted by molar-refractivity contribution is 6.31. The first kappa shape index (κ1) is 13.4. The van der Waals surface area contributed by atoms with Crippen LogP contribution in [0.1, 0.15) is 11.3 Å². The Kier molecular flexibility index (Phi) is 3.49.